The van der Waals surface area contributed by atoms with Gasteiger partial charge in [-0.3, -0.25) is 0 Å². The minimum absolute atomic E-state index is 0.0762. The second-order valence-electron chi connectivity index (χ2n) is 5.10. The minimum Gasteiger partial charge on any atom is -0.306 e. The predicted octanol–water partition coefficient (Wildman–Crippen LogP) is 2.22. The molecule has 24 heavy (non-hydrogen) atoms. The average molecular weight is 338 g/mol. The third-order valence-corrected chi connectivity index (χ3v) is 4.85. The maximum atomic E-state index is 12.4. The second kappa shape index (κ2) is 6.66. The first kappa shape index (κ1) is 15.9. The van der Waals surface area contributed by atoms with Gasteiger partial charge in [0.25, 0.3) is 0 Å². The molecule has 0 amide bonds. The van der Waals surface area contributed by atoms with Crippen LogP contribution in [0.2, 0.25) is 0 Å². The number of sulfonamides is 1. The zero-order valence-corrected chi connectivity index (χ0v) is 13.4. The Bertz CT molecular complexity index is 989. The van der Waals surface area contributed by atoms with Crippen LogP contribution in [0.3, 0.4) is 0 Å². The Balaban J connectivity index is 1.78. The van der Waals surface area contributed by atoms with E-state index in [9.17, 15) is 8.42 Å². The van der Waals surface area contributed by atoms with E-state index in [0.717, 1.165) is 11.3 Å². The van der Waals surface area contributed by atoms with Gasteiger partial charge in [-0.15, -0.1) is 0 Å². The Morgan fingerprint density at radius 1 is 1.17 bits per heavy atom. The van der Waals surface area contributed by atoms with Crippen LogP contribution < -0.4 is 4.72 Å². The second-order valence-corrected chi connectivity index (χ2v) is 6.87. The van der Waals surface area contributed by atoms with Crippen LogP contribution in [0.1, 0.15) is 11.1 Å². The van der Waals surface area contributed by atoms with Crippen LogP contribution >= 0.6 is 0 Å². The van der Waals surface area contributed by atoms with Crippen LogP contribution in [0, 0.1) is 11.3 Å². The molecule has 0 saturated carbocycles. The van der Waals surface area contributed by atoms with Gasteiger partial charge in [-0.25, -0.2) is 18.1 Å². The number of aromatic nitrogens is 2. The van der Waals surface area contributed by atoms with E-state index in [1.807, 2.05) is 41.1 Å². The molecule has 0 aliphatic heterocycles. The van der Waals surface area contributed by atoms with Crippen molar-refractivity contribution in [3.05, 3.63) is 78.4 Å². The lowest BCUT2D eigenvalue weighted by Gasteiger charge is -2.09. The summed E-state index contributed by atoms with van der Waals surface area (Å²) in [6.07, 6.45) is 5.17. The van der Waals surface area contributed by atoms with Crippen molar-refractivity contribution in [2.75, 3.05) is 0 Å². The molecular formula is C17H14N4O2S. The number of imidazole rings is 1. The van der Waals surface area contributed by atoms with Crippen LogP contribution in [-0.2, 0) is 16.6 Å². The van der Waals surface area contributed by atoms with Gasteiger partial charge < -0.3 is 4.57 Å². The molecule has 0 spiro atoms. The maximum absolute atomic E-state index is 12.4. The highest BCUT2D eigenvalue weighted by atomic mass is 32.2. The zero-order valence-electron chi connectivity index (χ0n) is 12.6. The lowest BCUT2D eigenvalue weighted by Crippen LogP contribution is -2.23. The number of benzene rings is 2. The smallest absolute Gasteiger partial charge is 0.240 e. The van der Waals surface area contributed by atoms with Crippen molar-refractivity contribution in [3.8, 4) is 11.8 Å². The summed E-state index contributed by atoms with van der Waals surface area (Å²) in [6.45, 7) is 0.154. The molecule has 0 saturated heterocycles. The molecule has 0 radical (unpaired) electrons. The summed E-state index contributed by atoms with van der Waals surface area (Å²) in [4.78, 5) is 4.07. The first-order valence-corrected chi connectivity index (χ1v) is 8.64. The van der Waals surface area contributed by atoms with Crippen LogP contribution in [-0.4, -0.2) is 18.0 Å². The summed E-state index contributed by atoms with van der Waals surface area (Å²) in [5.74, 6) is 0. The number of hydrogen-bond acceptors (Lipinski definition) is 4. The van der Waals surface area contributed by atoms with Gasteiger partial charge in [0.15, 0.2) is 0 Å². The molecule has 3 aromatic rings. The third kappa shape index (κ3) is 3.51. The molecule has 6 nitrogen and oxygen atoms in total. The van der Waals surface area contributed by atoms with Gasteiger partial charge in [-0.1, -0.05) is 18.2 Å². The Kier molecular flexibility index (Phi) is 4.42. The Labute approximate surface area is 140 Å². The molecule has 120 valence electrons. The quantitative estimate of drug-likeness (QED) is 0.772. The first-order chi connectivity index (χ1) is 11.6. The van der Waals surface area contributed by atoms with Gasteiger partial charge in [0.2, 0.25) is 10.0 Å². The molecular weight excluding hydrogens is 324 g/mol. The van der Waals surface area contributed by atoms with Crippen molar-refractivity contribution < 1.29 is 8.42 Å². The standard InChI is InChI=1S/C17H14N4O2S/c18-11-14-3-2-6-17(10-14)24(22,23)20-12-15-4-1-5-16(9-15)21-8-7-19-13-21/h1-10,13,20H,12H2. The monoisotopic (exact) mass is 338 g/mol. The number of nitrogens with one attached hydrogen (secondary N) is 1. The van der Waals surface area contributed by atoms with E-state index in [1.54, 1.807) is 24.7 Å². The molecule has 1 aromatic heterocycles. The number of nitriles is 1. The Morgan fingerprint density at radius 2 is 2.00 bits per heavy atom. The van der Waals surface area contributed by atoms with Crippen LogP contribution in [0.4, 0.5) is 0 Å². The fourth-order valence-electron chi connectivity index (χ4n) is 2.23. The van der Waals surface area contributed by atoms with Gasteiger partial charge in [-0.2, -0.15) is 5.26 Å². The molecule has 0 aliphatic carbocycles. The molecule has 0 unspecified atom stereocenters. The van der Waals surface area contributed by atoms with Gasteiger partial charge in [0.05, 0.1) is 22.9 Å². The summed E-state index contributed by atoms with van der Waals surface area (Å²) in [5, 5.41) is 8.88. The average Bonchev–Trinajstić information content (AvgIpc) is 3.15. The molecule has 1 N–H and O–H groups in total. The fraction of sp³-hybridized carbons (Fsp3) is 0.0588. The van der Waals surface area contributed by atoms with Crippen molar-refractivity contribution in [1.29, 1.82) is 5.26 Å². The minimum atomic E-state index is -3.68. The van der Waals surface area contributed by atoms with Gasteiger partial charge in [-0.05, 0) is 35.9 Å². The molecule has 0 aliphatic rings. The SMILES string of the molecule is N#Cc1cccc(S(=O)(=O)NCc2cccc(-n3ccnc3)c2)c1. The van der Waals surface area contributed by atoms with E-state index in [0.29, 0.717) is 5.56 Å². The lowest BCUT2D eigenvalue weighted by atomic mass is 10.2. The van der Waals surface area contributed by atoms with E-state index >= 15 is 0 Å². The summed E-state index contributed by atoms with van der Waals surface area (Å²) < 4.78 is 29.1. The van der Waals surface area contributed by atoms with E-state index in [4.69, 9.17) is 5.26 Å². The normalized spacial score (nSPS) is 11.1. The van der Waals surface area contributed by atoms with Crippen molar-refractivity contribution >= 4 is 10.0 Å². The summed E-state index contributed by atoms with van der Waals surface area (Å²) in [7, 11) is -3.68. The van der Waals surface area contributed by atoms with Crippen molar-refractivity contribution in [1.82, 2.24) is 14.3 Å². The molecule has 0 fully saturated rings. The van der Waals surface area contributed by atoms with E-state index in [-0.39, 0.29) is 11.4 Å². The molecule has 0 atom stereocenters. The van der Waals surface area contributed by atoms with Crippen molar-refractivity contribution in [3.63, 3.8) is 0 Å². The zero-order chi connectivity index (χ0) is 17.0. The highest BCUT2D eigenvalue weighted by Gasteiger charge is 2.14. The fourth-order valence-corrected chi connectivity index (χ4v) is 3.30. The third-order valence-electron chi connectivity index (χ3n) is 3.45. The molecule has 0 bridgehead atoms. The highest BCUT2D eigenvalue weighted by molar-refractivity contribution is 7.89. The number of rotatable bonds is 5. The Hall–Kier alpha value is -2.95. The van der Waals surface area contributed by atoms with E-state index in [1.165, 1.54) is 12.1 Å². The van der Waals surface area contributed by atoms with Crippen LogP contribution in [0.15, 0.2) is 72.1 Å². The summed E-state index contributed by atoms with van der Waals surface area (Å²) in [6, 6.07) is 15.4. The van der Waals surface area contributed by atoms with Gasteiger partial charge in [0.1, 0.15) is 0 Å². The molecule has 7 heteroatoms. The Morgan fingerprint density at radius 3 is 2.75 bits per heavy atom. The summed E-state index contributed by atoms with van der Waals surface area (Å²) >= 11 is 0. The summed E-state index contributed by atoms with van der Waals surface area (Å²) in [5.41, 5.74) is 2.02. The van der Waals surface area contributed by atoms with Crippen molar-refractivity contribution in [2.24, 2.45) is 0 Å². The predicted molar refractivity (Wildman–Crippen MR) is 88.7 cm³/mol. The highest BCUT2D eigenvalue weighted by Crippen LogP contribution is 2.13. The number of nitrogens with zero attached hydrogens (tertiary/aromatic N) is 3. The van der Waals surface area contributed by atoms with E-state index in [2.05, 4.69) is 9.71 Å². The van der Waals surface area contributed by atoms with Gasteiger partial charge >= 0.3 is 0 Å². The first-order valence-electron chi connectivity index (χ1n) is 7.15. The van der Waals surface area contributed by atoms with Gasteiger partial charge in [0, 0.05) is 24.6 Å². The van der Waals surface area contributed by atoms with E-state index < -0.39 is 10.0 Å². The number of hydrogen-bond donors (Lipinski definition) is 1. The topological polar surface area (TPSA) is 87.8 Å². The largest absolute Gasteiger partial charge is 0.306 e. The maximum Gasteiger partial charge on any atom is 0.240 e. The molecule has 3 rings (SSSR count). The van der Waals surface area contributed by atoms with Crippen LogP contribution in [0.5, 0.6) is 0 Å². The van der Waals surface area contributed by atoms with Crippen LogP contribution in [0.25, 0.3) is 5.69 Å². The van der Waals surface area contributed by atoms with Crippen molar-refractivity contribution in [2.45, 2.75) is 11.4 Å². The molecule has 1 heterocycles. The molecule has 2 aromatic carbocycles. The lowest BCUT2D eigenvalue weighted by molar-refractivity contribution is 0.581.